The van der Waals surface area contributed by atoms with E-state index in [-0.39, 0.29) is 5.48 Å². The van der Waals surface area contributed by atoms with Crippen molar-refractivity contribution in [3.8, 4) is 0 Å². The Morgan fingerprint density at radius 3 is 0.419 bits per heavy atom. The largest absolute Gasteiger partial charge is 0.790 e. The van der Waals surface area contributed by atoms with Crippen molar-refractivity contribution in [3.05, 3.63) is 0 Å². The minimum absolute atomic E-state index is 0. The fourth-order valence-corrected chi connectivity index (χ4v) is 7.72. The van der Waals surface area contributed by atoms with Gasteiger partial charge in [0.05, 0.1) is 94.2 Å². The molecule has 0 saturated heterocycles. The summed E-state index contributed by atoms with van der Waals surface area (Å²) in [7, 11) is -11.4. The van der Waals surface area contributed by atoms with Crippen LogP contribution in [-0.4, -0.2) is 84.0 Å². The molecule has 0 aromatic carbocycles. The second kappa shape index (κ2) is 59.1. The zero-order valence-corrected chi connectivity index (χ0v) is 45.5. The smallest absolute Gasteiger partial charge is 0.0770 e. The minimum Gasteiger partial charge on any atom is -0.790 e. The van der Waals surface area contributed by atoms with E-state index in [4.69, 9.17) is 0 Å². The molecule has 384 valence electrons. The summed E-state index contributed by atoms with van der Waals surface area (Å²) in [5.41, 5.74) is 0. The number of hydrogen-bond acceptors (Lipinski definition) is 7. The Morgan fingerprint density at radius 2 is 0.371 bits per heavy atom. The van der Waals surface area contributed by atoms with Gasteiger partial charge >= 0.3 is 0 Å². The molecule has 62 heavy (non-hydrogen) atoms. The molecule has 0 aliphatic heterocycles. The zero-order valence-electron chi connectivity index (χ0n) is 43.7. The molecule has 0 fully saturated rings. The van der Waals surface area contributed by atoms with Crippen LogP contribution in [0, 0.1) is 0 Å². The van der Waals surface area contributed by atoms with Crippen LogP contribution in [0.1, 0.15) is 237 Å². The summed E-state index contributed by atoms with van der Waals surface area (Å²) in [5.74, 6) is 0. The monoisotopic (exact) mass is 937 g/mol. The van der Waals surface area contributed by atoms with Crippen LogP contribution in [-0.2, 0) is 13.4 Å². The third-order valence-electron chi connectivity index (χ3n) is 10.8. The van der Waals surface area contributed by atoms with Crippen LogP contribution in [0.15, 0.2) is 0 Å². The molecule has 12 nitrogen and oxygen atoms in total. The second-order valence-electron chi connectivity index (χ2n) is 17.2. The fourth-order valence-electron chi connectivity index (χ4n) is 6.74. The number of phosphoric acid groups is 2. The molecule has 6 N–H and O–H groups in total. The van der Waals surface area contributed by atoms with E-state index >= 15 is 0 Å². The van der Waals surface area contributed by atoms with Gasteiger partial charge in [0.2, 0.25) is 0 Å². The first-order chi connectivity index (χ1) is 29.1. The van der Waals surface area contributed by atoms with Crippen molar-refractivity contribution in [1.29, 1.82) is 0 Å². The van der Waals surface area contributed by atoms with Crippen molar-refractivity contribution < 1.29 is 58.1 Å². The number of rotatable bonds is 38. The first kappa shape index (κ1) is 73.6. The summed E-state index contributed by atoms with van der Waals surface area (Å²) in [4.78, 5) is 44.7. The van der Waals surface area contributed by atoms with Crippen LogP contribution in [0.2, 0.25) is 0 Å². The fraction of sp³-hybridized carbons (Fsp3) is 1.00. The van der Waals surface area contributed by atoms with Gasteiger partial charge in [0.1, 0.15) is 0 Å². The highest BCUT2D eigenvalue weighted by molar-refractivity contribution is 7.57. The summed E-state index contributed by atoms with van der Waals surface area (Å²) < 4.78 is 21.2. The molecule has 0 amide bonds. The Morgan fingerprint density at radius 1 is 0.274 bits per heavy atom. The first-order valence-electron chi connectivity index (χ1n) is 26.2. The van der Waals surface area contributed by atoms with Gasteiger partial charge in [-0.1, -0.05) is 160 Å². The van der Waals surface area contributed by atoms with E-state index in [1.807, 2.05) is 19.6 Å². The van der Waals surface area contributed by atoms with Crippen molar-refractivity contribution in [3.63, 3.8) is 0 Å². The van der Waals surface area contributed by atoms with E-state index in [2.05, 4.69) is 87.4 Å². The minimum atomic E-state index is -5.68. The quantitative estimate of drug-likeness (QED) is 0.0634. The zero-order chi connectivity index (χ0) is 47.5. The molecule has 0 aliphatic carbocycles. The van der Waals surface area contributed by atoms with Gasteiger partial charge in [-0.2, -0.15) is 0 Å². The summed E-state index contributed by atoms with van der Waals surface area (Å²) in [6, 6.07) is 0. The van der Waals surface area contributed by atoms with E-state index in [9.17, 15) is 28.7 Å². The van der Waals surface area contributed by atoms with Gasteiger partial charge in [0.15, 0.2) is 0 Å². The third kappa shape index (κ3) is 71.7. The van der Waals surface area contributed by atoms with Crippen LogP contribution in [0.5, 0.6) is 0 Å². The van der Waals surface area contributed by atoms with Crippen molar-refractivity contribution in [2.24, 2.45) is 0 Å². The van der Waals surface area contributed by atoms with Crippen molar-refractivity contribution in [2.75, 3.05) is 78.5 Å². The van der Waals surface area contributed by atoms with Gasteiger partial charge < -0.3 is 58.1 Å². The first-order valence-corrected chi connectivity index (χ1v) is 29.1. The van der Waals surface area contributed by atoms with Gasteiger partial charge in [-0.15, -0.1) is 0 Å². The Bertz CT molecular complexity index is 694. The maximum absolute atomic E-state index is 9.32. The summed E-state index contributed by atoms with van der Waals surface area (Å²) >= 11 is 0. The molecule has 0 aliphatic rings. The Hall–Kier alpha value is 0.0600. The molecule has 0 radical (unpaired) electrons. The molecule has 0 heterocycles. The predicted molar refractivity (Wildman–Crippen MR) is 261 cm³/mol. The molecule has 0 unspecified atom stereocenters. The van der Waals surface area contributed by atoms with Crippen LogP contribution in [0.3, 0.4) is 0 Å². The van der Waals surface area contributed by atoms with E-state index < -0.39 is 15.6 Å². The van der Waals surface area contributed by atoms with Crippen LogP contribution < -0.4 is 39.2 Å². The van der Waals surface area contributed by atoms with Gasteiger partial charge in [-0.05, 0) is 77.0 Å². The molecular formula is C48H114N4O8P2. The maximum atomic E-state index is 9.32. The molecule has 0 aromatic rings. The average Bonchev–Trinajstić information content (AvgIpc) is 3.22. The van der Waals surface area contributed by atoms with Crippen molar-refractivity contribution >= 4 is 15.6 Å². The summed E-state index contributed by atoms with van der Waals surface area (Å²) in [5, 5.41) is 0. The second-order valence-corrected chi connectivity index (χ2v) is 19.7. The standard InChI is InChI=1S/4C12H27N.H4O7P2.H2O/c4*1-4-7-10-13(11-8-5-2)12-9-6-3;1-8(2,3)7-9(4,5)6;/h4*4-12H2,1-3H3;(H2,1,2,3)(H2,4,5,6);1H2. The van der Waals surface area contributed by atoms with Crippen LogP contribution in [0.25, 0.3) is 0 Å². The Balaban J connectivity index is -0.000000158. The highest BCUT2D eigenvalue weighted by Crippen LogP contribution is 2.42. The lowest BCUT2D eigenvalue weighted by Gasteiger charge is -2.39. The van der Waals surface area contributed by atoms with Gasteiger partial charge in [0, 0.05) is 0 Å². The van der Waals surface area contributed by atoms with E-state index in [1.54, 1.807) is 0 Å². The predicted octanol–water partition coefficient (Wildman–Crippen LogP) is 4.92. The maximum Gasteiger partial charge on any atom is 0.0770 e. The van der Waals surface area contributed by atoms with Crippen molar-refractivity contribution in [2.45, 2.75) is 237 Å². The molecule has 0 rings (SSSR count). The van der Waals surface area contributed by atoms with Gasteiger partial charge in [0.25, 0.3) is 0 Å². The number of quaternary nitrogens is 4. The topological polar surface area (TPSA) is 185 Å². The van der Waals surface area contributed by atoms with Gasteiger partial charge in [-0.25, -0.2) is 0 Å². The number of nitrogens with one attached hydrogen (secondary N) is 4. The molecule has 0 bridgehead atoms. The Kier molecular flexibility index (Phi) is 70.2. The third-order valence-corrected chi connectivity index (χ3v) is 12.4. The lowest BCUT2D eigenvalue weighted by atomic mass is 10.2. The van der Waals surface area contributed by atoms with E-state index in [1.165, 1.54) is 233 Å². The number of unbranched alkanes of at least 4 members (excludes halogenated alkanes) is 12. The average molecular weight is 937 g/mol. The normalized spacial score (nSPS) is 11.3. The van der Waals surface area contributed by atoms with Crippen LogP contribution in [0.4, 0.5) is 0 Å². The molecule has 0 atom stereocenters. The Labute approximate surface area is 388 Å². The summed E-state index contributed by atoms with van der Waals surface area (Å²) in [6.07, 6.45) is 33.1. The van der Waals surface area contributed by atoms with Gasteiger partial charge in [-0.3, -0.25) is 0 Å². The van der Waals surface area contributed by atoms with Crippen LogP contribution >= 0.6 is 15.6 Å². The molecule has 0 saturated carbocycles. The highest BCUT2D eigenvalue weighted by Gasteiger charge is 2.08. The SMILES string of the molecule is CCCC[NH+](CCCC)CCCC.CCCC[NH+](CCCC)CCCC.CCCC[NH+](CCCC)CCCC.CCCC[NH+](CCCC)CCCC.O.O=P([O-])([O-])OP(=O)([O-])[O-]. The molecule has 0 aromatic heterocycles. The molecular weight excluding hydrogens is 822 g/mol. The lowest BCUT2D eigenvalue weighted by molar-refractivity contribution is -0.900. The van der Waals surface area contributed by atoms with E-state index in [0.717, 1.165) is 0 Å². The van der Waals surface area contributed by atoms with Crippen molar-refractivity contribution in [1.82, 2.24) is 0 Å². The molecule has 0 spiro atoms. The number of hydrogen-bond donors (Lipinski definition) is 4. The highest BCUT2D eigenvalue weighted by atomic mass is 31.3. The molecule has 14 heteroatoms. The lowest BCUT2D eigenvalue weighted by Crippen LogP contribution is -3.12. The van der Waals surface area contributed by atoms with E-state index in [0.29, 0.717) is 0 Å². The summed E-state index contributed by atoms with van der Waals surface area (Å²) in [6.45, 7) is 44.3.